The van der Waals surface area contributed by atoms with Gasteiger partial charge in [-0.1, -0.05) is 25.6 Å². The minimum atomic E-state index is -0.443. The van der Waals surface area contributed by atoms with Crippen LogP contribution in [0.25, 0.3) is 0 Å². The van der Waals surface area contributed by atoms with E-state index in [1.807, 2.05) is 13.8 Å². The van der Waals surface area contributed by atoms with Gasteiger partial charge in [-0.2, -0.15) is 0 Å². The van der Waals surface area contributed by atoms with Crippen LogP contribution in [-0.2, 0) is 16.6 Å². The first kappa shape index (κ1) is 26.7. The number of carbonyl (C=O) groups excluding carboxylic acids is 3. The number of ether oxygens (including phenoxy) is 2. The third kappa shape index (κ3) is 6.63. The summed E-state index contributed by atoms with van der Waals surface area (Å²) < 4.78 is 11.6. The lowest BCUT2D eigenvalue weighted by Gasteiger charge is -2.21. The Morgan fingerprint density at radius 1 is 0.972 bits per heavy atom. The Balaban J connectivity index is 1.62. The van der Waals surface area contributed by atoms with E-state index >= 15 is 0 Å². The van der Waals surface area contributed by atoms with Crippen molar-refractivity contribution >= 4 is 35.2 Å². The van der Waals surface area contributed by atoms with Crippen LogP contribution in [0.2, 0.25) is 0 Å². The van der Waals surface area contributed by atoms with Crippen molar-refractivity contribution in [3.8, 4) is 5.75 Å². The highest BCUT2D eigenvalue weighted by Gasteiger charge is 2.25. The van der Waals surface area contributed by atoms with Crippen molar-refractivity contribution in [2.75, 3.05) is 25.3 Å². The lowest BCUT2D eigenvalue weighted by Crippen LogP contribution is -2.33. The first-order valence-corrected chi connectivity index (χ1v) is 12.2. The van der Waals surface area contributed by atoms with Gasteiger partial charge in [-0.15, -0.1) is 10.2 Å². The normalized spacial score (nSPS) is 11.6. The molecule has 36 heavy (non-hydrogen) atoms. The maximum absolute atomic E-state index is 12.8. The summed E-state index contributed by atoms with van der Waals surface area (Å²) in [6.45, 7) is 3.97. The molecule has 1 heterocycles. The number of hydrogen-bond acceptors (Lipinski definition) is 8. The molecule has 3 rings (SSSR count). The number of hydrogen-bond donors (Lipinski definition) is 2. The van der Waals surface area contributed by atoms with Crippen LogP contribution in [0.15, 0.2) is 53.7 Å². The standard InChI is InChI=1S/C25H29N5O5S/c1-15(2)21(27-23(32)16-8-12-19(34-4)13-9-16)22-28-29-25(30(22)3)36-14-20(31)26-18-10-6-17(7-11-18)24(33)35-5/h6-13,15,21H,14H2,1-5H3,(H,26,31)(H,27,32)/t21-/m1/s1. The van der Waals surface area contributed by atoms with E-state index in [2.05, 4.69) is 25.6 Å². The Morgan fingerprint density at radius 3 is 2.19 bits per heavy atom. The maximum atomic E-state index is 12.8. The molecule has 2 amide bonds. The minimum Gasteiger partial charge on any atom is -0.497 e. The lowest BCUT2D eigenvalue weighted by molar-refractivity contribution is -0.113. The number of nitrogens with one attached hydrogen (secondary N) is 2. The van der Waals surface area contributed by atoms with Crippen LogP contribution >= 0.6 is 11.8 Å². The molecule has 0 aliphatic heterocycles. The van der Waals surface area contributed by atoms with Crippen LogP contribution in [0.3, 0.4) is 0 Å². The number of methoxy groups -OCH3 is 2. The summed E-state index contributed by atoms with van der Waals surface area (Å²) in [6, 6.07) is 12.9. The van der Waals surface area contributed by atoms with Crippen LogP contribution < -0.4 is 15.4 Å². The third-order valence-corrected chi connectivity index (χ3v) is 6.39. The Kier molecular flexibility index (Phi) is 9.07. The van der Waals surface area contributed by atoms with E-state index in [0.717, 1.165) is 0 Å². The second kappa shape index (κ2) is 12.2. The summed E-state index contributed by atoms with van der Waals surface area (Å²) in [5.74, 6) is 0.507. The fourth-order valence-corrected chi connectivity index (χ4v) is 4.07. The third-order valence-electron chi connectivity index (χ3n) is 5.37. The van der Waals surface area contributed by atoms with Crippen molar-refractivity contribution in [2.45, 2.75) is 25.0 Å². The second-order valence-electron chi connectivity index (χ2n) is 8.23. The smallest absolute Gasteiger partial charge is 0.337 e. The summed E-state index contributed by atoms with van der Waals surface area (Å²) in [6.07, 6.45) is 0. The largest absolute Gasteiger partial charge is 0.497 e. The molecule has 0 saturated carbocycles. The van der Waals surface area contributed by atoms with Gasteiger partial charge in [0.2, 0.25) is 5.91 Å². The molecule has 0 fully saturated rings. The Labute approximate surface area is 213 Å². The number of amides is 2. The first-order valence-electron chi connectivity index (χ1n) is 11.2. The van der Waals surface area contributed by atoms with E-state index in [1.165, 1.54) is 18.9 Å². The molecule has 0 bridgehead atoms. The monoisotopic (exact) mass is 511 g/mol. The SMILES string of the molecule is COC(=O)c1ccc(NC(=O)CSc2nnc([C@H](NC(=O)c3ccc(OC)cc3)C(C)C)n2C)cc1. The molecular formula is C25H29N5O5S. The molecule has 0 unspecified atom stereocenters. The van der Waals surface area contributed by atoms with Crippen LogP contribution in [0.1, 0.15) is 46.4 Å². The first-order chi connectivity index (χ1) is 17.2. The van der Waals surface area contributed by atoms with Crippen molar-refractivity contribution in [1.82, 2.24) is 20.1 Å². The van der Waals surface area contributed by atoms with E-state index in [9.17, 15) is 14.4 Å². The predicted octanol–water partition coefficient (Wildman–Crippen LogP) is 3.47. The molecule has 0 saturated heterocycles. The van der Waals surface area contributed by atoms with Gasteiger partial charge in [0.15, 0.2) is 11.0 Å². The minimum absolute atomic E-state index is 0.0456. The van der Waals surface area contributed by atoms with Crippen molar-refractivity contribution in [3.05, 3.63) is 65.5 Å². The fourth-order valence-electron chi connectivity index (χ4n) is 3.35. The topological polar surface area (TPSA) is 124 Å². The zero-order valence-electron chi connectivity index (χ0n) is 20.8. The number of benzene rings is 2. The highest BCUT2D eigenvalue weighted by Crippen LogP contribution is 2.25. The molecule has 1 aromatic heterocycles. The van der Waals surface area contributed by atoms with Crippen molar-refractivity contribution in [2.24, 2.45) is 13.0 Å². The fraction of sp³-hybridized carbons (Fsp3) is 0.320. The zero-order chi connectivity index (χ0) is 26.2. The average Bonchev–Trinajstić information content (AvgIpc) is 3.25. The molecule has 0 radical (unpaired) electrons. The van der Waals surface area contributed by atoms with Crippen LogP contribution in [0, 0.1) is 5.92 Å². The van der Waals surface area contributed by atoms with E-state index in [-0.39, 0.29) is 29.5 Å². The van der Waals surface area contributed by atoms with Gasteiger partial charge in [-0.3, -0.25) is 9.59 Å². The van der Waals surface area contributed by atoms with Gasteiger partial charge in [0.05, 0.1) is 31.6 Å². The summed E-state index contributed by atoms with van der Waals surface area (Å²) in [5, 5.41) is 14.9. The highest BCUT2D eigenvalue weighted by molar-refractivity contribution is 7.99. The number of nitrogens with zero attached hydrogens (tertiary/aromatic N) is 3. The molecule has 2 aromatic carbocycles. The Morgan fingerprint density at radius 2 is 1.61 bits per heavy atom. The molecule has 3 aromatic rings. The number of aromatic nitrogens is 3. The number of rotatable bonds is 10. The summed E-state index contributed by atoms with van der Waals surface area (Å²) in [5.41, 5.74) is 1.47. The molecule has 0 aliphatic rings. The summed E-state index contributed by atoms with van der Waals surface area (Å²) >= 11 is 1.23. The molecular weight excluding hydrogens is 482 g/mol. The van der Waals surface area contributed by atoms with E-state index in [4.69, 9.17) is 4.74 Å². The van der Waals surface area contributed by atoms with Crippen molar-refractivity contribution < 1.29 is 23.9 Å². The van der Waals surface area contributed by atoms with Crippen LogP contribution in [0.4, 0.5) is 5.69 Å². The van der Waals surface area contributed by atoms with Gasteiger partial charge >= 0.3 is 5.97 Å². The van der Waals surface area contributed by atoms with Crippen LogP contribution in [-0.4, -0.2) is 52.5 Å². The lowest BCUT2D eigenvalue weighted by atomic mass is 10.0. The maximum Gasteiger partial charge on any atom is 0.337 e. The van der Waals surface area contributed by atoms with Gasteiger partial charge in [-0.25, -0.2) is 4.79 Å². The number of anilines is 1. The molecule has 2 N–H and O–H groups in total. The Bertz CT molecular complexity index is 1210. The number of thioether (sulfide) groups is 1. The molecule has 190 valence electrons. The predicted molar refractivity (Wildman–Crippen MR) is 136 cm³/mol. The van der Waals surface area contributed by atoms with E-state index in [0.29, 0.717) is 33.5 Å². The van der Waals surface area contributed by atoms with Gasteiger partial charge in [-0.05, 0) is 54.4 Å². The summed E-state index contributed by atoms with van der Waals surface area (Å²) in [7, 11) is 4.68. The van der Waals surface area contributed by atoms with Crippen molar-refractivity contribution in [3.63, 3.8) is 0 Å². The van der Waals surface area contributed by atoms with Gasteiger partial charge in [0.25, 0.3) is 5.91 Å². The van der Waals surface area contributed by atoms with Gasteiger partial charge in [0.1, 0.15) is 5.75 Å². The Hall–Kier alpha value is -3.86. The van der Waals surface area contributed by atoms with Gasteiger partial charge in [0, 0.05) is 18.3 Å². The number of esters is 1. The second-order valence-corrected chi connectivity index (χ2v) is 9.17. The molecule has 10 nitrogen and oxygen atoms in total. The summed E-state index contributed by atoms with van der Waals surface area (Å²) in [4.78, 5) is 36.8. The molecule has 11 heteroatoms. The molecule has 0 aliphatic carbocycles. The highest BCUT2D eigenvalue weighted by atomic mass is 32.2. The van der Waals surface area contributed by atoms with Crippen LogP contribution in [0.5, 0.6) is 5.75 Å². The number of carbonyl (C=O) groups is 3. The quantitative estimate of drug-likeness (QED) is 0.313. The van der Waals surface area contributed by atoms with E-state index in [1.54, 1.807) is 67.3 Å². The average molecular weight is 512 g/mol. The van der Waals surface area contributed by atoms with Crippen molar-refractivity contribution in [1.29, 1.82) is 0 Å². The molecule has 0 spiro atoms. The zero-order valence-corrected chi connectivity index (χ0v) is 21.6. The molecule has 1 atom stereocenters. The van der Waals surface area contributed by atoms with E-state index < -0.39 is 5.97 Å². The van der Waals surface area contributed by atoms with Gasteiger partial charge < -0.3 is 24.7 Å².